The first-order valence-corrected chi connectivity index (χ1v) is 7.65. The van der Waals surface area contributed by atoms with Crippen molar-refractivity contribution < 1.29 is 4.74 Å². The zero-order valence-corrected chi connectivity index (χ0v) is 11.9. The Hall–Kier alpha value is -0.160. The van der Waals surface area contributed by atoms with E-state index in [0.717, 1.165) is 32.3 Å². The molecule has 2 aliphatic heterocycles. The summed E-state index contributed by atoms with van der Waals surface area (Å²) in [7, 11) is 0. The van der Waals surface area contributed by atoms with Crippen molar-refractivity contribution in [1.29, 1.82) is 0 Å². The Morgan fingerprint density at radius 3 is 2.94 bits per heavy atom. The summed E-state index contributed by atoms with van der Waals surface area (Å²) in [6.07, 6.45) is 4.16. The lowest BCUT2D eigenvalue weighted by Gasteiger charge is -2.25. The summed E-state index contributed by atoms with van der Waals surface area (Å²) in [4.78, 5) is 5.34. The van der Waals surface area contributed by atoms with Crippen LogP contribution in [0, 0.1) is 0 Å². The highest BCUT2D eigenvalue weighted by molar-refractivity contribution is 4.84. The Morgan fingerprint density at radius 1 is 1.17 bits per heavy atom. The predicted molar refractivity (Wildman–Crippen MR) is 75.0 cm³/mol. The number of rotatable bonds is 7. The molecular formula is C14H29N3O. The third-order valence-corrected chi connectivity index (χ3v) is 4.12. The largest absolute Gasteiger partial charge is 0.380 e. The minimum absolute atomic E-state index is 0.825. The minimum Gasteiger partial charge on any atom is -0.380 e. The van der Waals surface area contributed by atoms with E-state index in [9.17, 15) is 0 Å². The molecule has 2 aliphatic rings. The van der Waals surface area contributed by atoms with Gasteiger partial charge in [0.1, 0.15) is 0 Å². The second-order valence-corrected chi connectivity index (χ2v) is 5.43. The number of fused-ring (bicyclic) bond motifs is 1. The topological polar surface area (TPSA) is 27.7 Å². The second-order valence-electron chi connectivity index (χ2n) is 5.43. The number of nitrogens with one attached hydrogen (secondary N) is 1. The highest BCUT2D eigenvalue weighted by Gasteiger charge is 2.28. The van der Waals surface area contributed by atoms with Crippen LogP contribution in [0.5, 0.6) is 0 Å². The molecule has 0 bridgehead atoms. The Balaban J connectivity index is 1.57. The fourth-order valence-corrected chi connectivity index (χ4v) is 3.14. The molecule has 0 amide bonds. The van der Waals surface area contributed by atoms with Crippen molar-refractivity contribution in [3.63, 3.8) is 0 Å². The molecule has 2 saturated heterocycles. The molecule has 0 aromatic carbocycles. The zero-order chi connectivity index (χ0) is 12.6. The van der Waals surface area contributed by atoms with Gasteiger partial charge in [0.15, 0.2) is 0 Å². The van der Waals surface area contributed by atoms with E-state index in [-0.39, 0.29) is 0 Å². The molecule has 18 heavy (non-hydrogen) atoms. The van der Waals surface area contributed by atoms with Gasteiger partial charge >= 0.3 is 0 Å². The van der Waals surface area contributed by atoms with Crippen molar-refractivity contribution in [1.82, 2.24) is 15.1 Å². The van der Waals surface area contributed by atoms with Gasteiger partial charge in [-0.3, -0.25) is 4.90 Å². The maximum atomic E-state index is 5.32. The average Bonchev–Trinajstić information content (AvgIpc) is 2.72. The molecule has 0 aromatic heterocycles. The van der Waals surface area contributed by atoms with E-state index in [1.807, 2.05) is 6.92 Å². The molecular weight excluding hydrogens is 226 g/mol. The lowest BCUT2D eigenvalue weighted by atomic mass is 10.2. The van der Waals surface area contributed by atoms with Crippen LogP contribution in [0.1, 0.15) is 26.2 Å². The van der Waals surface area contributed by atoms with Crippen molar-refractivity contribution in [3.8, 4) is 0 Å². The van der Waals surface area contributed by atoms with Crippen molar-refractivity contribution in [2.75, 3.05) is 59.0 Å². The van der Waals surface area contributed by atoms with E-state index in [2.05, 4.69) is 15.1 Å². The molecule has 1 atom stereocenters. The second kappa shape index (κ2) is 8.10. The Bertz CT molecular complexity index is 225. The fraction of sp³-hybridized carbons (Fsp3) is 1.00. The first-order valence-electron chi connectivity index (χ1n) is 7.65. The molecule has 0 radical (unpaired) electrons. The first kappa shape index (κ1) is 14.3. The van der Waals surface area contributed by atoms with Crippen molar-refractivity contribution in [3.05, 3.63) is 0 Å². The quantitative estimate of drug-likeness (QED) is 0.681. The molecule has 0 saturated carbocycles. The molecule has 4 nitrogen and oxygen atoms in total. The summed E-state index contributed by atoms with van der Waals surface area (Å²) >= 11 is 0. The first-order chi connectivity index (χ1) is 8.90. The standard InChI is InChI=1S/C14H29N3O/c1-2-18-12-7-15-6-11-16-8-4-10-17-9-3-5-14(17)13-16/h14-15H,2-13H2,1H3. The Morgan fingerprint density at radius 2 is 2.06 bits per heavy atom. The van der Waals surface area contributed by atoms with Gasteiger partial charge in [0.2, 0.25) is 0 Å². The lowest BCUT2D eigenvalue weighted by molar-refractivity contribution is 0.148. The Kier molecular flexibility index (Phi) is 6.41. The van der Waals surface area contributed by atoms with Gasteiger partial charge in [0.05, 0.1) is 6.61 Å². The van der Waals surface area contributed by atoms with Crippen LogP contribution >= 0.6 is 0 Å². The van der Waals surface area contributed by atoms with Gasteiger partial charge in [-0.05, 0) is 45.8 Å². The van der Waals surface area contributed by atoms with Gasteiger partial charge in [-0.15, -0.1) is 0 Å². The van der Waals surface area contributed by atoms with Crippen LogP contribution in [0.3, 0.4) is 0 Å². The van der Waals surface area contributed by atoms with E-state index in [0.29, 0.717) is 0 Å². The molecule has 1 N–H and O–H groups in total. The third-order valence-electron chi connectivity index (χ3n) is 4.12. The summed E-state index contributed by atoms with van der Waals surface area (Å²) in [6, 6.07) is 0.843. The van der Waals surface area contributed by atoms with Crippen LogP contribution in [-0.4, -0.2) is 74.9 Å². The van der Waals surface area contributed by atoms with Crippen LogP contribution in [0.4, 0.5) is 0 Å². The highest BCUT2D eigenvalue weighted by Crippen LogP contribution is 2.20. The monoisotopic (exact) mass is 255 g/mol. The van der Waals surface area contributed by atoms with Crippen molar-refractivity contribution in [2.45, 2.75) is 32.2 Å². The van der Waals surface area contributed by atoms with Crippen molar-refractivity contribution >= 4 is 0 Å². The van der Waals surface area contributed by atoms with Crippen LogP contribution in [0.15, 0.2) is 0 Å². The summed E-state index contributed by atoms with van der Waals surface area (Å²) in [5.74, 6) is 0. The SMILES string of the molecule is CCOCCNCCN1CCCN2CCCC2C1. The average molecular weight is 255 g/mol. The van der Waals surface area contributed by atoms with Crippen LogP contribution in [0.25, 0.3) is 0 Å². The summed E-state index contributed by atoms with van der Waals surface area (Å²) < 4.78 is 5.32. The van der Waals surface area contributed by atoms with E-state index in [1.165, 1.54) is 52.0 Å². The maximum absolute atomic E-state index is 5.32. The van der Waals surface area contributed by atoms with Crippen LogP contribution in [0.2, 0.25) is 0 Å². The van der Waals surface area contributed by atoms with Crippen molar-refractivity contribution in [2.24, 2.45) is 0 Å². The molecule has 4 heteroatoms. The smallest absolute Gasteiger partial charge is 0.0590 e. The molecule has 0 aromatic rings. The molecule has 2 rings (SSSR count). The van der Waals surface area contributed by atoms with Gasteiger partial charge in [-0.1, -0.05) is 0 Å². The Labute approximate surface area is 112 Å². The molecule has 106 valence electrons. The summed E-state index contributed by atoms with van der Waals surface area (Å²) in [5.41, 5.74) is 0. The highest BCUT2D eigenvalue weighted by atomic mass is 16.5. The molecule has 2 heterocycles. The van der Waals surface area contributed by atoms with Gasteiger partial charge in [0.25, 0.3) is 0 Å². The lowest BCUT2D eigenvalue weighted by Crippen LogP contribution is -2.39. The van der Waals surface area contributed by atoms with Gasteiger partial charge in [0, 0.05) is 38.8 Å². The number of nitrogens with zero attached hydrogens (tertiary/aromatic N) is 2. The van der Waals surface area contributed by atoms with Crippen LogP contribution < -0.4 is 5.32 Å². The number of ether oxygens (including phenoxy) is 1. The number of hydrogen-bond donors (Lipinski definition) is 1. The van der Waals surface area contributed by atoms with E-state index in [1.54, 1.807) is 0 Å². The molecule has 0 spiro atoms. The predicted octanol–water partition coefficient (Wildman–Crippen LogP) is 0.783. The summed E-state index contributed by atoms with van der Waals surface area (Å²) in [6.45, 7) is 12.2. The normalized spacial score (nSPS) is 26.2. The van der Waals surface area contributed by atoms with Gasteiger partial charge in [-0.25, -0.2) is 0 Å². The maximum Gasteiger partial charge on any atom is 0.0590 e. The van der Waals surface area contributed by atoms with Gasteiger partial charge in [-0.2, -0.15) is 0 Å². The fourth-order valence-electron chi connectivity index (χ4n) is 3.14. The molecule has 1 unspecified atom stereocenters. The van der Waals surface area contributed by atoms with E-state index in [4.69, 9.17) is 4.74 Å². The van der Waals surface area contributed by atoms with E-state index >= 15 is 0 Å². The molecule has 2 fully saturated rings. The van der Waals surface area contributed by atoms with Crippen LogP contribution in [-0.2, 0) is 4.74 Å². The van der Waals surface area contributed by atoms with Gasteiger partial charge < -0.3 is 15.0 Å². The third kappa shape index (κ3) is 4.50. The molecule has 0 aliphatic carbocycles. The number of hydrogen-bond acceptors (Lipinski definition) is 4. The van der Waals surface area contributed by atoms with E-state index < -0.39 is 0 Å². The zero-order valence-electron chi connectivity index (χ0n) is 11.9. The summed E-state index contributed by atoms with van der Waals surface area (Å²) in [5, 5.41) is 3.47. The minimum atomic E-state index is 0.825.